The normalized spacial score (nSPS) is 12.2. The van der Waals surface area contributed by atoms with E-state index in [2.05, 4.69) is 20.0 Å². The monoisotopic (exact) mass is 467 g/mol. The van der Waals surface area contributed by atoms with Crippen molar-refractivity contribution in [2.24, 2.45) is 0 Å². The van der Waals surface area contributed by atoms with Crippen molar-refractivity contribution in [2.75, 3.05) is 10.5 Å². The van der Waals surface area contributed by atoms with Gasteiger partial charge in [-0.2, -0.15) is 5.26 Å². The minimum Gasteiger partial charge on any atom is -0.503 e. The number of aromatic nitrogens is 2. The first-order valence-corrected chi connectivity index (χ1v) is 12.3. The SMILES string of the molecule is CCCCCC(Cc1cc(C#N)[nH]c(=O)c1O)NC(=O)c1csc(NS(=O)(=O)CC)n1. The lowest BCUT2D eigenvalue weighted by Crippen LogP contribution is -2.37. The first kappa shape index (κ1) is 24.4. The molecular formula is C19H25N5O5S2. The third kappa shape index (κ3) is 7.08. The van der Waals surface area contributed by atoms with Crippen molar-refractivity contribution in [2.45, 2.75) is 52.0 Å². The van der Waals surface area contributed by atoms with E-state index in [0.29, 0.717) is 6.42 Å². The zero-order chi connectivity index (χ0) is 23.0. The molecule has 31 heavy (non-hydrogen) atoms. The number of thiazole rings is 1. The summed E-state index contributed by atoms with van der Waals surface area (Å²) in [6.45, 7) is 3.54. The van der Waals surface area contributed by atoms with E-state index in [4.69, 9.17) is 5.26 Å². The summed E-state index contributed by atoms with van der Waals surface area (Å²) in [4.78, 5) is 30.8. The van der Waals surface area contributed by atoms with Gasteiger partial charge >= 0.3 is 0 Å². The zero-order valence-corrected chi connectivity index (χ0v) is 18.9. The van der Waals surface area contributed by atoms with E-state index >= 15 is 0 Å². The molecule has 2 aromatic rings. The van der Waals surface area contributed by atoms with Crippen molar-refractivity contribution >= 4 is 32.4 Å². The number of anilines is 1. The number of unbranched alkanes of at least 4 members (excludes halogenated alkanes) is 2. The fourth-order valence-corrected chi connectivity index (χ4v) is 4.41. The van der Waals surface area contributed by atoms with Crippen LogP contribution >= 0.6 is 11.3 Å². The van der Waals surface area contributed by atoms with E-state index in [0.717, 1.165) is 30.6 Å². The van der Waals surface area contributed by atoms with Crippen LogP contribution in [-0.2, 0) is 16.4 Å². The summed E-state index contributed by atoms with van der Waals surface area (Å²) in [5.41, 5.74) is -0.423. The maximum Gasteiger partial charge on any atom is 0.291 e. The number of carbonyl (C=O) groups is 1. The molecule has 2 heterocycles. The van der Waals surface area contributed by atoms with Crippen LogP contribution in [0.25, 0.3) is 0 Å². The second-order valence-corrected chi connectivity index (χ2v) is 9.78. The molecule has 0 saturated carbocycles. The van der Waals surface area contributed by atoms with Crippen molar-refractivity contribution in [3.05, 3.63) is 38.8 Å². The molecule has 0 fully saturated rings. The lowest BCUT2D eigenvalue weighted by Gasteiger charge is -2.19. The van der Waals surface area contributed by atoms with E-state index in [1.807, 2.05) is 13.0 Å². The molecule has 0 aromatic carbocycles. The number of pyridine rings is 1. The zero-order valence-electron chi connectivity index (χ0n) is 17.3. The van der Waals surface area contributed by atoms with Crippen LogP contribution < -0.4 is 15.6 Å². The Kier molecular flexibility index (Phi) is 8.58. The van der Waals surface area contributed by atoms with Gasteiger partial charge in [0.05, 0.1) is 5.75 Å². The number of hydrogen-bond donors (Lipinski definition) is 4. The van der Waals surface area contributed by atoms with E-state index in [1.54, 1.807) is 0 Å². The minimum atomic E-state index is -3.50. The quantitative estimate of drug-likeness (QED) is 0.367. The van der Waals surface area contributed by atoms with Gasteiger partial charge in [-0.1, -0.05) is 26.2 Å². The fourth-order valence-electron chi connectivity index (χ4n) is 2.84. The summed E-state index contributed by atoms with van der Waals surface area (Å²) in [6, 6.07) is 2.80. The molecule has 0 radical (unpaired) electrons. The second kappa shape index (κ2) is 10.9. The number of sulfonamides is 1. The van der Waals surface area contributed by atoms with Gasteiger partial charge in [0.15, 0.2) is 10.9 Å². The predicted molar refractivity (Wildman–Crippen MR) is 118 cm³/mol. The smallest absolute Gasteiger partial charge is 0.291 e. The molecule has 1 unspecified atom stereocenters. The van der Waals surface area contributed by atoms with Gasteiger partial charge in [-0.3, -0.25) is 14.3 Å². The van der Waals surface area contributed by atoms with Gasteiger partial charge in [0, 0.05) is 17.0 Å². The van der Waals surface area contributed by atoms with Crippen LogP contribution in [-0.4, -0.2) is 41.2 Å². The minimum absolute atomic E-state index is 0.0174. The number of hydrogen-bond acceptors (Lipinski definition) is 8. The first-order valence-electron chi connectivity index (χ1n) is 9.81. The van der Waals surface area contributed by atoms with Crippen molar-refractivity contribution in [3.63, 3.8) is 0 Å². The number of rotatable bonds is 11. The highest BCUT2D eigenvalue weighted by molar-refractivity contribution is 7.92. The van der Waals surface area contributed by atoms with Crippen molar-refractivity contribution in [1.82, 2.24) is 15.3 Å². The van der Waals surface area contributed by atoms with Crippen LogP contribution in [0.2, 0.25) is 0 Å². The molecule has 0 aliphatic carbocycles. The number of aromatic hydroxyl groups is 1. The molecule has 1 amide bonds. The molecule has 4 N–H and O–H groups in total. The fraction of sp³-hybridized carbons (Fsp3) is 0.474. The molecule has 2 aromatic heterocycles. The van der Waals surface area contributed by atoms with E-state index in [9.17, 15) is 23.1 Å². The van der Waals surface area contributed by atoms with Gasteiger partial charge in [0.1, 0.15) is 17.5 Å². The van der Waals surface area contributed by atoms with Crippen molar-refractivity contribution < 1.29 is 18.3 Å². The summed E-state index contributed by atoms with van der Waals surface area (Å²) >= 11 is 0.998. The number of H-pyrrole nitrogens is 1. The molecule has 10 nitrogen and oxygen atoms in total. The average Bonchev–Trinajstić information content (AvgIpc) is 3.19. The summed E-state index contributed by atoms with van der Waals surface area (Å²) in [5.74, 6) is -1.10. The summed E-state index contributed by atoms with van der Waals surface area (Å²) in [5, 5.41) is 23.5. The van der Waals surface area contributed by atoms with Gasteiger partial charge in [-0.05, 0) is 25.8 Å². The largest absolute Gasteiger partial charge is 0.503 e. The van der Waals surface area contributed by atoms with Crippen molar-refractivity contribution in [1.29, 1.82) is 5.26 Å². The van der Waals surface area contributed by atoms with Crippen LogP contribution in [0.1, 0.15) is 61.3 Å². The Morgan fingerprint density at radius 2 is 2.13 bits per heavy atom. The third-order valence-corrected chi connectivity index (χ3v) is 6.68. The van der Waals surface area contributed by atoms with E-state index in [-0.39, 0.29) is 34.3 Å². The topological polar surface area (TPSA) is 165 Å². The van der Waals surface area contributed by atoms with Gasteiger partial charge in [-0.25, -0.2) is 13.4 Å². The van der Waals surface area contributed by atoms with Gasteiger partial charge in [-0.15, -0.1) is 11.3 Å². The molecule has 1 atom stereocenters. The van der Waals surface area contributed by atoms with Crippen LogP contribution in [0.4, 0.5) is 5.13 Å². The standard InChI is InChI=1S/C19H25N5O5S2/c1-3-5-6-7-13(8-12-9-14(10-20)22-18(27)16(12)25)21-17(26)15-11-30-19(23-15)24-31(28,29)4-2/h9,11,13,25H,3-8H2,1-2H3,(H,21,26)(H,22,27)(H,23,24). The van der Waals surface area contributed by atoms with Gasteiger partial charge in [0.2, 0.25) is 10.0 Å². The molecule has 2 rings (SSSR count). The highest BCUT2D eigenvalue weighted by Gasteiger charge is 2.20. The molecule has 12 heteroatoms. The van der Waals surface area contributed by atoms with Gasteiger partial charge in [0.25, 0.3) is 11.5 Å². The summed E-state index contributed by atoms with van der Waals surface area (Å²) in [7, 11) is -3.50. The highest BCUT2D eigenvalue weighted by atomic mass is 32.2. The lowest BCUT2D eigenvalue weighted by atomic mass is 9.99. The molecule has 0 aliphatic heterocycles. The number of nitrogens with zero attached hydrogens (tertiary/aromatic N) is 2. The average molecular weight is 468 g/mol. The predicted octanol–water partition coefficient (Wildman–Crippen LogP) is 2.09. The Labute approximate surface area is 184 Å². The summed E-state index contributed by atoms with van der Waals surface area (Å²) in [6.07, 6.45) is 3.47. The maximum atomic E-state index is 12.7. The first-order chi connectivity index (χ1) is 14.7. The van der Waals surface area contributed by atoms with Crippen LogP contribution in [0.3, 0.4) is 0 Å². The Bertz CT molecular complexity index is 1120. The van der Waals surface area contributed by atoms with Crippen LogP contribution in [0.15, 0.2) is 16.2 Å². The second-order valence-electron chi connectivity index (χ2n) is 6.91. The Balaban J connectivity index is 2.19. The molecule has 0 bridgehead atoms. The Hall–Kier alpha value is -2.91. The third-order valence-electron chi connectivity index (χ3n) is 4.52. The molecular weight excluding hydrogens is 442 g/mol. The number of aromatic amines is 1. The number of carbonyl (C=O) groups excluding carboxylic acids is 1. The number of nitriles is 1. The Morgan fingerprint density at radius 3 is 2.77 bits per heavy atom. The summed E-state index contributed by atoms with van der Waals surface area (Å²) < 4.78 is 25.6. The highest BCUT2D eigenvalue weighted by Crippen LogP contribution is 2.19. The Morgan fingerprint density at radius 1 is 1.39 bits per heavy atom. The molecule has 0 aliphatic rings. The lowest BCUT2D eigenvalue weighted by molar-refractivity contribution is 0.0929. The molecule has 0 saturated heterocycles. The maximum absolute atomic E-state index is 12.7. The van der Waals surface area contributed by atoms with E-state index < -0.39 is 33.3 Å². The molecule has 0 spiro atoms. The number of nitrogens with one attached hydrogen (secondary N) is 3. The van der Waals surface area contributed by atoms with Gasteiger partial charge < -0.3 is 15.4 Å². The van der Waals surface area contributed by atoms with Crippen LogP contribution in [0, 0.1) is 11.3 Å². The van der Waals surface area contributed by atoms with E-state index in [1.165, 1.54) is 18.4 Å². The molecule has 168 valence electrons. The van der Waals surface area contributed by atoms with Crippen molar-refractivity contribution in [3.8, 4) is 11.8 Å². The number of amides is 1. The van der Waals surface area contributed by atoms with Crippen LogP contribution in [0.5, 0.6) is 5.75 Å².